The Hall–Kier alpha value is -4.93. The molecule has 3 aromatic carbocycles. The highest BCUT2D eigenvalue weighted by molar-refractivity contribution is 6.15. The standard InChI is InChI=1S/C66H103NO26/c1-48-32-50(65(68)78-11)33-49(2)64(48)93-66(69)63-59-34-51(91-57(44-87-53(36-79-24-16-70-3)37-80-25-17-71-4)45-88-54(38-81-26-18-72-5)39-82-27-19-73-6)12-14-61(59)67-62-15-13-52(35-60(62)63)92-58(46-89-55(40-83-28-20-74-7)41-84-29-21-75-8)47-90-56(42-85-30-22-76-9)43-86-31-23-77-10/h12-15,32-35,53-58H,16-31,36-47H2,1-11H3. The molecule has 27 heteroatoms. The van der Waals surface area contributed by atoms with Gasteiger partial charge in [-0.1, -0.05) is 0 Å². The Morgan fingerprint density at radius 1 is 0.344 bits per heavy atom. The van der Waals surface area contributed by atoms with Crippen molar-refractivity contribution in [3.8, 4) is 17.2 Å². The number of carbonyl (C=O) groups excluding carboxylic acids is 2. The van der Waals surface area contributed by atoms with E-state index in [1.54, 1.807) is 119 Å². The van der Waals surface area contributed by atoms with E-state index < -0.39 is 48.6 Å². The van der Waals surface area contributed by atoms with E-state index in [1.807, 2.05) is 0 Å². The van der Waals surface area contributed by atoms with Crippen molar-refractivity contribution >= 4 is 33.7 Å². The first-order chi connectivity index (χ1) is 45.4. The molecule has 0 aliphatic rings. The maximum Gasteiger partial charge on any atom is 0.344 e. The number of hydrogen-bond acceptors (Lipinski definition) is 27. The van der Waals surface area contributed by atoms with Crippen LogP contribution in [0.1, 0.15) is 31.8 Å². The van der Waals surface area contributed by atoms with Gasteiger partial charge in [0.15, 0.2) is 0 Å². The molecule has 4 aromatic rings. The Morgan fingerprint density at radius 2 is 0.624 bits per heavy atom. The number of aryl methyl sites for hydroxylation is 2. The van der Waals surface area contributed by atoms with Crippen LogP contribution in [-0.2, 0) is 99.5 Å². The number of nitrogens with zero attached hydrogens (tertiary/aromatic N) is 1. The fourth-order valence-electron chi connectivity index (χ4n) is 8.78. The second-order valence-corrected chi connectivity index (χ2v) is 21.0. The first-order valence-electron chi connectivity index (χ1n) is 31.1. The summed E-state index contributed by atoms with van der Waals surface area (Å²) in [5.41, 5.74) is 2.33. The van der Waals surface area contributed by atoms with Crippen molar-refractivity contribution < 1.29 is 123 Å². The summed E-state index contributed by atoms with van der Waals surface area (Å²) in [6.07, 6.45) is -3.70. The molecule has 0 saturated carbocycles. The largest absolute Gasteiger partial charge is 0.486 e. The van der Waals surface area contributed by atoms with Crippen molar-refractivity contribution in [1.82, 2.24) is 4.98 Å². The highest BCUT2D eigenvalue weighted by atomic mass is 16.6. The van der Waals surface area contributed by atoms with Gasteiger partial charge in [0.2, 0.25) is 0 Å². The summed E-state index contributed by atoms with van der Waals surface area (Å²) in [7, 11) is 14.1. The lowest BCUT2D eigenvalue weighted by Crippen LogP contribution is -2.37. The minimum atomic E-state index is -0.783. The molecule has 528 valence electrons. The van der Waals surface area contributed by atoms with E-state index in [4.69, 9.17) is 119 Å². The first-order valence-corrected chi connectivity index (χ1v) is 31.1. The van der Waals surface area contributed by atoms with Crippen molar-refractivity contribution in [3.05, 3.63) is 70.8 Å². The third-order valence-corrected chi connectivity index (χ3v) is 13.6. The van der Waals surface area contributed by atoms with Crippen molar-refractivity contribution in [2.24, 2.45) is 0 Å². The van der Waals surface area contributed by atoms with E-state index in [1.165, 1.54) is 7.11 Å². The highest BCUT2D eigenvalue weighted by Gasteiger charge is 2.27. The van der Waals surface area contributed by atoms with Crippen molar-refractivity contribution in [3.63, 3.8) is 0 Å². The summed E-state index contributed by atoms with van der Waals surface area (Å²) in [6, 6.07) is 13.7. The number of rotatable bonds is 59. The number of esters is 2. The average Bonchev–Trinajstić information content (AvgIpc) is 0.776. The van der Waals surface area contributed by atoms with E-state index in [2.05, 4.69) is 0 Å². The van der Waals surface area contributed by atoms with Crippen LogP contribution in [0.25, 0.3) is 21.8 Å². The lowest BCUT2D eigenvalue weighted by Gasteiger charge is -2.26. The Morgan fingerprint density at radius 3 is 0.882 bits per heavy atom. The minimum absolute atomic E-state index is 0.00307. The molecule has 0 unspecified atom stereocenters. The number of fused-ring (bicyclic) bond motifs is 2. The summed E-state index contributed by atoms with van der Waals surface area (Å²) >= 11 is 0. The molecular formula is C66H103NO26. The Bertz CT molecular complexity index is 2340. The number of ether oxygens (including phenoxy) is 24. The van der Waals surface area contributed by atoms with E-state index in [9.17, 15) is 4.79 Å². The molecule has 0 N–H and O–H groups in total. The summed E-state index contributed by atoms with van der Waals surface area (Å²) in [6.45, 7) is 10.7. The number of pyridine rings is 1. The van der Waals surface area contributed by atoms with Crippen molar-refractivity contribution in [1.29, 1.82) is 0 Å². The third-order valence-electron chi connectivity index (χ3n) is 13.6. The normalized spacial score (nSPS) is 12.0. The average molecular weight is 1330 g/mol. The van der Waals surface area contributed by atoms with Crippen LogP contribution < -0.4 is 14.2 Å². The number of carbonyl (C=O) groups is 2. The van der Waals surface area contributed by atoms with Crippen LogP contribution in [0.2, 0.25) is 0 Å². The molecular weight excluding hydrogens is 1220 g/mol. The molecule has 0 fully saturated rings. The molecule has 0 aliphatic carbocycles. The number of aromatic nitrogens is 1. The van der Waals surface area contributed by atoms with E-state index >= 15 is 4.79 Å². The van der Waals surface area contributed by atoms with Gasteiger partial charge in [0.25, 0.3) is 0 Å². The number of hydrogen-bond donors (Lipinski definition) is 0. The number of benzene rings is 3. The van der Waals surface area contributed by atoms with Crippen molar-refractivity contribution in [2.75, 3.05) is 249 Å². The second-order valence-electron chi connectivity index (χ2n) is 21.0. The second kappa shape index (κ2) is 50.5. The van der Waals surface area contributed by atoms with Gasteiger partial charge in [-0.05, 0) is 73.5 Å². The quantitative estimate of drug-likeness (QED) is 0.0233. The molecule has 93 heavy (non-hydrogen) atoms. The third kappa shape index (κ3) is 32.6. The Balaban J connectivity index is 1.88. The van der Waals surface area contributed by atoms with Gasteiger partial charge in [0.1, 0.15) is 53.9 Å². The fourth-order valence-corrected chi connectivity index (χ4v) is 8.78. The topological polar surface area (TPSA) is 269 Å². The molecule has 0 saturated heterocycles. The van der Waals surface area contributed by atoms with Crippen LogP contribution >= 0.6 is 0 Å². The lowest BCUT2D eigenvalue weighted by atomic mass is 10.0. The van der Waals surface area contributed by atoms with Gasteiger partial charge in [0.05, 0.1) is 214 Å². The zero-order chi connectivity index (χ0) is 67.1. The molecule has 0 radical (unpaired) electrons. The SMILES string of the molecule is COCCOCC(COCCOC)OCC(COC(COCCOC)COCCOC)Oc1ccc2nc3ccc(OC(COC(COCCOC)COCCOC)COC(COCCOC)COCCOC)cc3c(C(=O)Oc3c(C)cc(C(=O)OC)cc3C)c2c1. The summed E-state index contributed by atoms with van der Waals surface area (Å²) in [4.78, 5) is 33.1. The monoisotopic (exact) mass is 1330 g/mol. The van der Waals surface area contributed by atoms with Crippen LogP contribution in [0.15, 0.2) is 48.5 Å². The lowest BCUT2D eigenvalue weighted by molar-refractivity contribution is -0.114. The maximum absolute atomic E-state index is 15.4. The van der Waals surface area contributed by atoms with Gasteiger partial charge in [-0.2, -0.15) is 0 Å². The molecule has 27 nitrogen and oxygen atoms in total. The van der Waals surface area contributed by atoms with E-state index in [0.29, 0.717) is 156 Å². The van der Waals surface area contributed by atoms with E-state index in [-0.39, 0.29) is 90.6 Å². The summed E-state index contributed by atoms with van der Waals surface area (Å²) in [5, 5.41) is 0.739. The van der Waals surface area contributed by atoms with Crippen molar-refractivity contribution in [2.45, 2.75) is 50.5 Å². The zero-order valence-corrected chi connectivity index (χ0v) is 56.4. The smallest absolute Gasteiger partial charge is 0.344 e. The van der Waals surface area contributed by atoms with Gasteiger partial charge >= 0.3 is 11.9 Å². The summed E-state index contributed by atoms with van der Waals surface area (Å²) < 4.78 is 140. The van der Waals surface area contributed by atoms with Gasteiger partial charge in [0, 0.05) is 67.7 Å². The number of methoxy groups -OCH3 is 9. The molecule has 0 bridgehead atoms. The van der Waals surface area contributed by atoms with Gasteiger partial charge in [-0.3, -0.25) is 0 Å². The molecule has 0 amide bonds. The predicted octanol–water partition coefficient (Wildman–Crippen LogP) is 5.35. The van der Waals surface area contributed by atoms with Gasteiger partial charge in [-0.15, -0.1) is 0 Å². The van der Waals surface area contributed by atoms with Crippen LogP contribution in [0, 0.1) is 13.8 Å². The Labute approximate surface area is 547 Å². The van der Waals surface area contributed by atoms with Gasteiger partial charge < -0.3 is 114 Å². The zero-order valence-electron chi connectivity index (χ0n) is 56.4. The first kappa shape index (κ1) is 80.5. The van der Waals surface area contributed by atoms with Crippen LogP contribution in [0.4, 0.5) is 0 Å². The summed E-state index contributed by atoms with van der Waals surface area (Å²) in [5.74, 6) is -0.377. The van der Waals surface area contributed by atoms with Crippen LogP contribution in [0.3, 0.4) is 0 Å². The fraction of sp³-hybridized carbons (Fsp3) is 0.682. The van der Waals surface area contributed by atoms with Crippen LogP contribution in [-0.4, -0.2) is 303 Å². The highest BCUT2D eigenvalue weighted by Crippen LogP contribution is 2.35. The van der Waals surface area contributed by atoms with E-state index in [0.717, 1.165) is 0 Å². The molecule has 0 aliphatic heterocycles. The maximum atomic E-state index is 15.4. The molecule has 1 heterocycles. The van der Waals surface area contributed by atoms with Crippen LogP contribution in [0.5, 0.6) is 17.2 Å². The van der Waals surface area contributed by atoms with Gasteiger partial charge in [-0.25, -0.2) is 14.6 Å². The Kier molecular flexibility index (Phi) is 43.7. The predicted molar refractivity (Wildman–Crippen MR) is 341 cm³/mol. The molecule has 4 rings (SSSR count). The molecule has 0 atom stereocenters. The molecule has 1 aromatic heterocycles. The minimum Gasteiger partial charge on any atom is -0.486 e. The molecule has 0 spiro atoms.